The number of hydrogen-bond donors (Lipinski definition) is 1. The molecular weight excluding hydrogens is 456 g/mol. The van der Waals surface area contributed by atoms with E-state index in [0.717, 1.165) is 27.2 Å². The van der Waals surface area contributed by atoms with E-state index in [4.69, 9.17) is 9.47 Å². The summed E-state index contributed by atoms with van der Waals surface area (Å²) in [5.41, 5.74) is 4.80. The number of carbonyl (C=O) groups is 3. The molecule has 0 bridgehead atoms. The van der Waals surface area contributed by atoms with Gasteiger partial charge in [0.15, 0.2) is 11.5 Å². The summed E-state index contributed by atoms with van der Waals surface area (Å²) in [6.45, 7) is 8.42. The summed E-state index contributed by atoms with van der Waals surface area (Å²) >= 11 is 0. The number of hydrogen-bond acceptors (Lipinski definition) is 5. The lowest BCUT2D eigenvalue weighted by atomic mass is 10.0. The predicted octanol–water partition coefficient (Wildman–Crippen LogP) is 5.26. The molecule has 1 aliphatic rings. The third-order valence-corrected chi connectivity index (χ3v) is 5.62. The van der Waals surface area contributed by atoms with Gasteiger partial charge in [0.25, 0.3) is 11.8 Å². The van der Waals surface area contributed by atoms with Crippen LogP contribution in [0, 0.1) is 20.8 Å². The Morgan fingerprint density at radius 3 is 2.28 bits per heavy atom. The van der Waals surface area contributed by atoms with Crippen molar-refractivity contribution in [3.05, 3.63) is 94.1 Å². The number of nitrogens with one attached hydrogen (secondary N) is 1. The Bertz CT molecular complexity index is 1360. The van der Waals surface area contributed by atoms with Crippen molar-refractivity contribution in [3.63, 3.8) is 0 Å². The number of anilines is 1. The van der Waals surface area contributed by atoms with E-state index in [1.807, 2.05) is 52.0 Å². The first kappa shape index (κ1) is 24.7. The Kier molecular flexibility index (Phi) is 7.20. The minimum atomic E-state index is -0.776. The van der Waals surface area contributed by atoms with Crippen LogP contribution in [0.2, 0.25) is 0 Å². The van der Waals surface area contributed by atoms with E-state index in [2.05, 4.69) is 11.4 Å². The highest BCUT2D eigenvalue weighted by Gasteiger charge is 2.37. The molecule has 0 aliphatic carbocycles. The molecule has 7 heteroatoms. The summed E-state index contributed by atoms with van der Waals surface area (Å²) in [5.74, 6) is -0.396. The quantitative estimate of drug-likeness (QED) is 0.365. The Hall–Kier alpha value is -4.39. The van der Waals surface area contributed by atoms with Crippen molar-refractivity contribution in [1.82, 2.24) is 5.32 Å². The number of imide groups is 2. The molecule has 1 saturated heterocycles. The highest BCUT2D eigenvalue weighted by Crippen LogP contribution is 2.31. The fraction of sp³-hybridized carbons (Fsp3) is 0.207. The van der Waals surface area contributed by atoms with Crippen LogP contribution in [0.3, 0.4) is 0 Å². The number of carbonyl (C=O) groups excluding carboxylic acids is 3. The summed E-state index contributed by atoms with van der Waals surface area (Å²) < 4.78 is 11.7. The molecule has 36 heavy (non-hydrogen) atoms. The molecule has 3 aromatic rings. The van der Waals surface area contributed by atoms with E-state index in [9.17, 15) is 14.4 Å². The van der Waals surface area contributed by atoms with Crippen molar-refractivity contribution in [1.29, 1.82) is 0 Å². The molecule has 4 rings (SSSR count). The number of benzene rings is 3. The fourth-order valence-electron chi connectivity index (χ4n) is 4.10. The molecule has 1 fully saturated rings. The molecule has 4 amide bonds. The van der Waals surface area contributed by atoms with Gasteiger partial charge in [-0.2, -0.15) is 0 Å². The van der Waals surface area contributed by atoms with Gasteiger partial charge in [0.1, 0.15) is 12.2 Å². The third kappa shape index (κ3) is 5.46. The Balaban J connectivity index is 1.63. The number of ether oxygens (including phenoxy) is 2. The van der Waals surface area contributed by atoms with Gasteiger partial charge in [-0.15, -0.1) is 0 Å². The van der Waals surface area contributed by atoms with Crippen molar-refractivity contribution >= 4 is 29.6 Å². The van der Waals surface area contributed by atoms with Crippen molar-refractivity contribution in [3.8, 4) is 11.5 Å². The van der Waals surface area contributed by atoms with Gasteiger partial charge in [0.2, 0.25) is 0 Å². The topological polar surface area (TPSA) is 84.9 Å². The first-order chi connectivity index (χ1) is 17.2. The van der Waals surface area contributed by atoms with Crippen molar-refractivity contribution < 1.29 is 23.9 Å². The molecule has 7 nitrogen and oxygen atoms in total. The van der Waals surface area contributed by atoms with Crippen molar-refractivity contribution in [2.75, 3.05) is 11.5 Å². The van der Waals surface area contributed by atoms with E-state index in [1.165, 1.54) is 6.08 Å². The van der Waals surface area contributed by atoms with Gasteiger partial charge in [0.05, 0.1) is 12.3 Å². The molecule has 0 saturated carbocycles. The summed E-state index contributed by atoms with van der Waals surface area (Å²) in [7, 11) is 0. The maximum Gasteiger partial charge on any atom is 0.335 e. The second kappa shape index (κ2) is 10.5. The summed E-state index contributed by atoms with van der Waals surface area (Å²) in [6.07, 6.45) is 1.45. The van der Waals surface area contributed by atoms with Crippen LogP contribution in [-0.4, -0.2) is 24.5 Å². The van der Waals surface area contributed by atoms with Gasteiger partial charge in [-0.25, -0.2) is 9.69 Å². The lowest BCUT2D eigenvalue weighted by Gasteiger charge is -2.27. The zero-order valence-corrected chi connectivity index (χ0v) is 20.8. The summed E-state index contributed by atoms with van der Waals surface area (Å²) in [6, 6.07) is 17.8. The van der Waals surface area contributed by atoms with Crippen LogP contribution < -0.4 is 19.7 Å². The zero-order chi connectivity index (χ0) is 25.8. The number of amides is 4. The van der Waals surface area contributed by atoms with Crippen LogP contribution in [0.4, 0.5) is 10.5 Å². The van der Waals surface area contributed by atoms with Gasteiger partial charge in [-0.3, -0.25) is 14.9 Å². The van der Waals surface area contributed by atoms with E-state index in [-0.39, 0.29) is 5.57 Å². The Morgan fingerprint density at radius 2 is 1.58 bits per heavy atom. The molecule has 3 aromatic carbocycles. The zero-order valence-electron chi connectivity index (χ0n) is 20.8. The number of rotatable bonds is 7. The van der Waals surface area contributed by atoms with Gasteiger partial charge in [-0.05, 0) is 80.3 Å². The SMILES string of the molecule is CCOc1cc(/C=C2\C(=O)NC(=O)N(c3cc(C)cc(C)c3)C2=O)ccc1OCc1cccc(C)c1. The van der Waals surface area contributed by atoms with Crippen molar-refractivity contribution in [2.24, 2.45) is 0 Å². The maximum absolute atomic E-state index is 13.3. The number of aryl methyl sites for hydroxylation is 3. The average molecular weight is 485 g/mol. The standard InChI is InChI=1S/C29H28N2O5/c1-5-35-26-16-21(9-10-25(26)36-17-22-8-6-7-18(2)12-22)15-24-27(32)30-29(34)31(28(24)33)23-13-19(3)11-20(4)14-23/h6-16H,5,17H2,1-4H3,(H,30,32,34)/b24-15+. The highest BCUT2D eigenvalue weighted by molar-refractivity contribution is 6.39. The van der Waals surface area contributed by atoms with Crippen LogP contribution in [-0.2, 0) is 16.2 Å². The molecule has 0 aromatic heterocycles. The number of nitrogens with zero attached hydrogens (tertiary/aromatic N) is 1. The molecule has 184 valence electrons. The average Bonchev–Trinajstić information content (AvgIpc) is 2.81. The lowest BCUT2D eigenvalue weighted by molar-refractivity contribution is -0.122. The monoisotopic (exact) mass is 484 g/mol. The fourth-order valence-corrected chi connectivity index (χ4v) is 4.10. The first-order valence-corrected chi connectivity index (χ1v) is 11.7. The molecular formula is C29H28N2O5. The van der Waals surface area contributed by atoms with Crippen LogP contribution in [0.1, 0.15) is 34.7 Å². The molecule has 0 spiro atoms. The minimum Gasteiger partial charge on any atom is -0.490 e. The van der Waals surface area contributed by atoms with Gasteiger partial charge < -0.3 is 9.47 Å². The Labute approximate surface area is 210 Å². The van der Waals surface area contributed by atoms with E-state index in [0.29, 0.717) is 36.0 Å². The van der Waals surface area contributed by atoms with Crippen LogP contribution in [0.25, 0.3) is 6.08 Å². The van der Waals surface area contributed by atoms with Gasteiger partial charge in [0, 0.05) is 0 Å². The van der Waals surface area contributed by atoms with Crippen LogP contribution in [0.5, 0.6) is 11.5 Å². The Morgan fingerprint density at radius 1 is 0.833 bits per heavy atom. The van der Waals surface area contributed by atoms with Gasteiger partial charge in [-0.1, -0.05) is 42.0 Å². The van der Waals surface area contributed by atoms with Crippen molar-refractivity contribution in [2.45, 2.75) is 34.3 Å². The number of barbiturate groups is 1. The molecule has 0 radical (unpaired) electrons. The highest BCUT2D eigenvalue weighted by atomic mass is 16.5. The first-order valence-electron chi connectivity index (χ1n) is 11.7. The van der Waals surface area contributed by atoms with E-state index < -0.39 is 17.8 Å². The number of urea groups is 1. The predicted molar refractivity (Wildman–Crippen MR) is 138 cm³/mol. The molecule has 0 unspecified atom stereocenters. The van der Waals surface area contributed by atoms with Crippen LogP contribution >= 0.6 is 0 Å². The third-order valence-electron chi connectivity index (χ3n) is 5.62. The second-order valence-corrected chi connectivity index (χ2v) is 8.72. The molecule has 1 aliphatic heterocycles. The van der Waals surface area contributed by atoms with E-state index in [1.54, 1.807) is 30.3 Å². The minimum absolute atomic E-state index is 0.148. The normalized spacial score (nSPS) is 14.7. The van der Waals surface area contributed by atoms with Crippen LogP contribution in [0.15, 0.2) is 66.2 Å². The van der Waals surface area contributed by atoms with E-state index >= 15 is 0 Å². The molecule has 0 atom stereocenters. The lowest BCUT2D eigenvalue weighted by Crippen LogP contribution is -2.54. The summed E-state index contributed by atoms with van der Waals surface area (Å²) in [5, 5.41) is 2.26. The van der Waals surface area contributed by atoms with Gasteiger partial charge >= 0.3 is 6.03 Å². The largest absolute Gasteiger partial charge is 0.490 e. The summed E-state index contributed by atoms with van der Waals surface area (Å²) in [4.78, 5) is 39.4. The smallest absolute Gasteiger partial charge is 0.335 e. The molecule has 1 heterocycles. The maximum atomic E-state index is 13.3. The second-order valence-electron chi connectivity index (χ2n) is 8.72. The molecule has 1 N–H and O–H groups in total.